The predicted molar refractivity (Wildman–Crippen MR) is 86.3 cm³/mol. The van der Waals surface area contributed by atoms with Crippen molar-refractivity contribution >= 4 is 5.91 Å². The van der Waals surface area contributed by atoms with Crippen molar-refractivity contribution in [1.29, 1.82) is 0 Å². The molecule has 0 heterocycles. The molecule has 0 aliphatic heterocycles. The fourth-order valence-electron chi connectivity index (χ4n) is 2.28. The van der Waals surface area contributed by atoms with Crippen LogP contribution in [0, 0.1) is 0 Å². The van der Waals surface area contributed by atoms with E-state index < -0.39 is 6.61 Å². The van der Waals surface area contributed by atoms with Gasteiger partial charge in [0.1, 0.15) is 11.5 Å². The van der Waals surface area contributed by atoms with Crippen LogP contribution in [0.4, 0.5) is 8.78 Å². The lowest BCUT2D eigenvalue weighted by Gasteiger charge is -2.15. The quantitative estimate of drug-likeness (QED) is 0.839. The third kappa shape index (κ3) is 5.22. The van der Waals surface area contributed by atoms with Gasteiger partial charge in [-0.05, 0) is 42.3 Å². The number of amides is 1. The number of halogens is 2. The van der Waals surface area contributed by atoms with Gasteiger partial charge in [0.15, 0.2) is 0 Å². The van der Waals surface area contributed by atoms with Crippen molar-refractivity contribution in [3.8, 4) is 11.5 Å². The molecule has 0 radical (unpaired) electrons. The Morgan fingerprint density at radius 1 is 1.12 bits per heavy atom. The Labute approximate surface area is 139 Å². The zero-order valence-corrected chi connectivity index (χ0v) is 13.5. The summed E-state index contributed by atoms with van der Waals surface area (Å²) in [5.74, 6) is 0.648. The number of nitrogens with one attached hydrogen (secondary N) is 1. The van der Waals surface area contributed by atoms with Crippen LogP contribution in [0.25, 0.3) is 0 Å². The first kappa shape index (κ1) is 17.7. The van der Waals surface area contributed by atoms with Gasteiger partial charge in [0.05, 0.1) is 19.6 Å². The van der Waals surface area contributed by atoms with Crippen LogP contribution in [-0.4, -0.2) is 19.6 Å². The third-order valence-electron chi connectivity index (χ3n) is 3.48. The number of methoxy groups -OCH3 is 1. The highest BCUT2D eigenvalue weighted by Crippen LogP contribution is 2.19. The molecule has 0 aromatic heterocycles. The van der Waals surface area contributed by atoms with Gasteiger partial charge in [0.2, 0.25) is 5.91 Å². The molecular formula is C18H19F2NO3. The van der Waals surface area contributed by atoms with E-state index >= 15 is 0 Å². The van der Waals surface area contributed by atoms with E-state index in [-0.39, 0.29) is 24.1 Å². The number of carbonyl (C=O) groups is 1. The van der Waals surface area contributed by atoms with E-state index in [1.54, 1.807) is 25.3 Å². The lowest BCUT2D eigenvalue weighted by atomic mass is 10.1. The van der Waals surface area contributed by atoms with Crippen LogP contribution in [-0.2, 0) is 11.2 Å². The van der Waals surface area contributed by atoms with Crippen molar-refractivity contribution in [2.45, 2.75) is 26.0 Å². The van der Waals surface area contributed by atoms with Gasteiger partial charge >= 0.3 is 6.61 Å². The van der Waals surface area contributed by atoms with Crippen molar-refractivity contribution in [2.24, 2.45) is 0 Å². The maximum absolute atomic E-state index is 12.1. The minimum Gasteiger partial charge on any atom is -0.497 e. The largest absolute Gasteiger partial charge is 0.497 e. The molecule has 0 fully saturated rings. The lowest BCUT2D eigenvalue weighted by Crippen LogP contribution is -2.28. The van der Waals surface area contributed by atoms with Gasteiger partial charge in [-0.15, -0.1) is 0 Å². The van der Waals surface area contributed by atoms with Crippen molar-refractivity contribution < 1.29 is 23.0 Å². The summed E-state index contributed by atoms with van der Waals surface area (Å²) in [5.41, 5.74) is 1.65. The van der Waals surface area contributed by atoms with E-state index in [0.717, 1.165) is 11.1 Å². The second kappa shape index (κ2) is 8.29. The average Bonchev–Trinajstić information content (AvgIpc) is 2.55. The second-order valence-corrected chi connectivity index (χ2v) is 5.27. The highest BCUT2D eigenvalue weighted by atomic mass is 19.3. The topological polar surface area (TPSA) is 47.6 Å². The molecule has 1 N–H and O–H groups in total. The zero-order valence-electron chi connectivity index (χ0n) is 13.5. The van der Waals surface area contributed by atoms with E-state index in [9.17, 15) is 13.6 Å². The molecule has 6 heteroatoms. The summed E-state index contributed by atoms with van der Waals surface area (Å²) >= 11 is 0. The summed E-state index contributed by atoms with van der Waals surface area (Å²) in [6.45, 7) is -1.03. The van der Waals surface area contributed by atoms with Gasteiger partial charge < -0.3 is 14.8 Å². The van der Waals surface area contributed by atoms with Gasteiger partial charge in [-0.25, -0.2) is 0 Å². The zero-order chi connectivity index (χ0) is 17.5. The Kier molecular flexibility index (Phi) is 6.12. The number of benzene rings is 2. The standard InChI is InChI=1S/C18H19F2NO3/c1-12(14-6-8-15(9-7-14)24-18(19)20)21-17(22)11-13-4-3-5-16(10-13)23-2/h3-10,12,18H,11H2,1-2H3,(H,21,22). The normalized spacial score (nSPS) is 11.9. The maximum Gasteiger partial charge on any atom is 0.387 e. The van der Waals surface area contributed by atoms with Crippen molar-refractivity contribution in [3.05, 3.63) is 59.7 Å². The second-order valence-electron chi connectivity index (χ2n) is 5.27. The Bertz CT molecular complexity index is 674. The molecule has 0 aliphatic carbocycles. The number of hydrogen-bond donors (Lipinski definition) is 1. The molecule has 2 aromatic carbocycles. The molecule has 1 unspecified atom stereocenters. The number of carbonyl (C=O) groups excluding carboxylic acids is 1. The van der Waals surface area contributed by atoms with Crippen LogP contribution >= 0.6 is 0 Å². The van der Waals surface area contributed by atoms with Crippen LogP contribution < -0.4 is 14.8 Å². The molecular weight excluding hydrogens is 316 g/mol. The molecule has 0 bridgehead atoms. The van der Waals surface area contributed by atoms with E-state index in [0.29, 0.717) is 5.75 Å². The summed E-state index contributed by atoms with van der Waals surface area (Å²) in [4.78, 5) is 12.1. The van der Waals surface area contributed by atoms with E-state index in [4.69, 9.17) is 4.74 Å². The summed E-state index contributed by atoms with van der Waals surface area (Å²) in [6, 6.07) is 13.2. The van der Waals surface area contributed by atoms with Crippen LogP contribution in [0.15, 0.2) is 48.5 Å². The molecule has 2 aromatic rings. The summed E-state index contributed by atoms with van der Waals surface area (Å²) < 4.78 is 33.7. The van der Waals surface area contributed by atoms with E-state index in [1.165, 1.54) is 12.1 Å². The fraction of sp³-hybridized carbons (Fsp3) is 0.278. The third-order valence-corrected chi connectivity index (χ3v) is 3.48. The van der Waals surface area contributed by atoms with Gasteiger partial charge in [0.25, 0.3) is 0 Å². The highest BCUT2D eigenvalue weighted by Gasteiger charge is 2.11. The van der Waals surface area contributed by atoms with E-state index in [2.05, 4.69) is 10.1 Å². The number of rotatable bonds is 7. The van der Waals surface area contributed by atoms with Crippen molar-refractivity contribution in [2.75, 3.05) is 7.11 Å². The lowest BCUT2D eigenvalue weighted by molar-refractivity contribution is -0.121. The molecule has 1 amide bonds. The summed E-state index contributed by atoms with van der Waals surface area (Å²) in [5, 5.41) is 2.87. The van der Waals surface area contributed by atoms with Crippen LogP contribution in [0.3, 0.4) is 0 Å². The summed E-state index contributed by atoms with van der Waals surface area (Å²) in [6.07, 6.45) is 0.230. The minimum absolute atomic E-state index is 0.0867. The molecule has 2 rings (SSSR count). The molecule has 0 aliphatic rings. The minimum atomic E-state index is -2.85. The smallest absolute Gasteiger partial charge is 0.387 e. The van der Waals surface area contributed by atoms with Crippen molar-refractivity contribution in [1.82, 2.24) is 5.32 Å². The molecule has 0 saturated carbocycles. The Hall–Kier alpha value is -2.63. The molecule has 24 heavy (non-hydrogen) atoms. The number of ether oxygens (including phenoxy) is 2. The molecule has 0 spiro atoms. The first-order chi connectivity index (χ1) is 11.5. The van der Waals surface area contributed by atoms with Gasteiger partial charge in [0, 0.05) is 0 Å². The molecule has 4 nitrogen and oxygen atoms in total. The Morgan fingerprint density at radius 3 is 2.46 bits per heavy atom. The van der Waals surface area contributed by atoms with Gasteiger partial charge in [-0.2, -0.15) is 8.78 Å². The van der Waals surface area contributed by atoms with Gasteiger partial charge in [-0.3, -0.25) is 4.79 Å². The van der Waals surface area contributed by atoms with Crippen molar-refractivity contribution in [3.63, 3.8) is 0 Å². The number of alkyl halides is 2. The fourth-order valence-corrected chi connectivity index (χ4v) is 2.28. The maximum atomic E-state index is 12.1. The molecule has 1 atom stereocenters. The Morgan fingerprint density at radius 2 is 1.83 bits per heavy atom. The predicted octanol–water partition coefficient (Wildman–Crippen LogP) is 3.72. The highest BCUT2D eigenvalue weighted by molar-refractivity contribution is 5.79. The van der Waals surface area contributed by atoms with Crippen LogP contribution in [0.5, 0.6) is 11.5 Å². The molecule has 0 saturated heterocycles. The number of hydrogen-bond acceptors (Lipinski definition) is 3. The first-order valence-corrected chi connectivity index (χ1v) is 7.45. The first-order valence-electron chi connectivity index (χ1n) is 7.45. The monoisotopic (exact) mass is 335 g/mol. The molecule has 128 valence electrons. The Balaban J connectivity index is 1.93. The summed E-state index contributed by atoms with van der Waals surface area (Å²) in [7, 11) is 1.57. The SMILES string of the molecule is COc1cccc(CC(=O)NC(C)c2ccc(OC(F)F)cc2)c1. The van der Waals surface area contributed by atoms with E-state index in [1.807, 2.05) is 25.1 Å². The average molecular weight is 335 g/mol. The van der Waals surface area contributed by atoms with Gasteiger partial charge in [-0.1, -0.05) is 24.3 Å². The van der Waals surface area contributed by atoms with Crippen LogP contribution in [0.2, 0.25) is 0 Å². The van der Waals surface area contributed by atoms with Crippen LogP contribution in [0.1, 0.15) is 24.1 Å².